The minimum absolute atomic E-state index is 0.258. The van der Waals surface area contributed by atoms with Gasteiger partial charge < -0.3 is 4.74 Å². The van der Waals surface area contributed by atoms with Gasteiger partial charge in [-0.3, -0.25) is 4.98 Å². The molecular weight excluding hydrogens is 238 g/mol. The molecule has 0 aliphatic heterocycles. The molecule has 0 amide bonds. The fourth-order valence-corrected chi connectivity index (χ4v) is 2.53. The molecule has 2 rings (SSSR count). The normalized spacial score (nSPS) is 17.2. The van der Waals surface area contributed by atoms with E-state index in [1.165, 1.54) is 19.3 Å². The van der Waals surface area contributed by atoms with Crippen LogP contribution in [0, 0.1) is 5.92 Å². The molecule has 1 saturated carbocycles. The molecule has 3 nitrogen and oxygen atoms in total. The number of carbonyl (C=O) groups is 1. The van der Waals surface area contributed by atoms with Crippen LogP contribution in [0.4, 0.5) is 0 Å². The van der Waals surface area contributed by atoms with E-state index in [9.17, 15) is 4.79 Å². The lowest BCUT2D eigenvalue weighted by Gasteiger charge is -2.19. The minimum atomic E-state index is -0.258. The number of nitrogens with zero attached hydrogens (tertiary/aromatic N) is 1. The first-order chi connectivity index (χ1) is 9.31. The summed E-state index contributed by atoms with van der Waals surface area (Å²) in [5.41, 5.74) is 1.33. The quantitative estimate of drug-likeness (QED) is 0.612. The first-order valence-electron chi connectivity index (χ1n) is 7.11. The van der Waals surface area contributed by atoms with E-state index in [1.807, 2.05) is 25.1 Å². The minimum Gasteiger partial charge on any atom is -0.462 e. The second-order valence-electron chi connectivity index (χ2n) is 4.91. The van der Waals surface area contributed by atoms with Gasteiger partial charge in [0.25, 0.3) is 0 Å². The van der Waals surface area contributed by atoms with Gasteiger partial charge in [0.1, 0.15) is 0 Å². The third-order valence-electron chi connectivity index (χ3n) is 3.49. The highest BCUT2D eigenvalue weighted by molar-refractivity contribution is 6.15. The van der Waals surface area contributed by atoms with Gasteiger partial charge in [-0.25, -0.2) is 4.79 Å². The predicted molar refractivity (Wildman–Crippen MR) is 75.4 cm³/mol. The van der Waals surface area contributed by atoms with Crippen molar-refractivity contribution in [2.75, 3.05) is 6.61 Å². The van der Waals surface area contributed by atoms with E-state index in [4.69, 9.17) is 4.74 Å². The van der Waals surface area contributed by atoms with Crippen molar-refractivity contribution < 1.29 is 9.53 Å². The standard InChI is InChI=1S/C16H21NO2/c1-2-19-16(18)14(15-10-6-7-11-17-15)12-13-8-4-3-5-9-13/h6-7,10-13H,2-5,8-9H2,1H3. The summed E-state index contributed by atoms with van der Waals surface area (Å²) in [6, 6.07) is 5.62. The van der Waals surface area contributed by atoms with Crippen LogP contribution in [0.25, 0.3) is 5.57 Å². The Balaban J connectivity index is 2.23. The van der Waals surface area contributed by atoms with Crippen molar-refractivity contribution in [1.29, 1.82) is 0 Å². The number of pyridine rings is 1. The second-order valence-corrected chi connectivity index (χ2v) is 4.91. The van der Waals surface area contributed by atoms with E-state index in [0.29, 0.717) is 23.8 Å². The maximum atomic E-state index is 12.1. The van der Waals surface area contributed by atoms with Crippen LogP contribution in [0.2, 0.25) is 0 Å². The first-order valence-corrected chi connectivity index (χ1v) is 7.11. The molecule has 1 aromatic rings. The van der Waals surface area contributed by atoms with E-state index in [-0.39, 0.29) is 5.97 Å². The number of esters is 1. The lowest BCUT2D eigenvalue weighted by atomic mass is 9.87. The zero-order chi connectivity index (χ0) is 13.5. The third kappa shape index (κ3) is 3.91. The number of hydrogen-bond donors (Lipinski definition) is 0. The van der Waals surface area contributed by atoms with Crippen molar-refractivity contribution in [1.82, 2.24) is 4.98 Å². The predicted octanol–water partition coefficient (Wildman–Crippen LogP) is 3.61. The van der Waals surface area contributed by atoms with E-state index < -0.39 is 0 Å². The molecule has 0 radical (unpaired) electrons. The SMILES string of the molecule is CCOC(=O)C(=CC1CCCCC1)c1ccccn1. The first kappa shape index (κ1) is 13.8. The Morgan fingerprint density at radius 3 is 2.79 bits per heavy atom. The van der Waals surface area contributed by atoms with Gasteiger partial charge in [0, 0.05) is 6.20 Å². The summed E-state index contributed by atoms with van der Waals surface area (Å²) < 4.78 is 5.15. The molecule has 1 heterocycles. The Morgan fingerprint density at radius 1 is 1.37 bits per heavy atom. The Hall–Kier alpha value is -1.64. The van der Waals surface area contributed by atoms with E-state index in [1.54, 1.807) is 6.20 Å². The summed E-state index contributed by atoms with van der Waals surface area (Å²) in [4.78, 5) is 16.4. The van der Waals surface area contributed by atoms with Crippen LogP contribution in [0.5, 0.6) is 0 Å². The van der Waals surface area contributed by atoms with Gasteiger partial charge in [0.15, 0.2) is 0 Å². The number of aromatic nitrogens is 1. The second kappa shape index (κ2) is 7.07. The molecule has 0 atom stereocenters. The number of rotatable bonds is 4. The zero-order valence-electron chi connectivity index (χ0n) is 11.5. The number of allylic oxidation sites excluding steroid dienone is 1. The fraction of sp³-hybridized carbons (Fsp3) is 0.500. The average Bonchev–Trinajstić information content (AvgIpc) is 2.47. The molecule has 1 aliphatic carbocycles. The van der Waals surface area contributed by atoms with Crippen LogP contribution in [-0.4, -0.2) is 17.6 Å². The molecule has 0 aromatic carbocycles. The van der Waals surface area contributed by atoms with Gasteiger partial charge in [-0.05, 0) is 37.8 Å². The largest absolute Gasteiger partial charge is 0.462 e. The highest BCUT2D eigenvalue weighted by Crippen LogP contribution is 2.28. The lowest BCUT2D eigenvalue weighted by Crippen LogP contribution is -2.11. The van der Waals surface area contributed by atoms with E-state index in [2.05, 4.69) is 11.1 Å². The molecule has 0 N–H and O–H groups in total. The molecule has 3 heteroatoms. The van der Waals surface area contributed by atoms with E-state index >= 15 is 0 Å². The number of ether oxygens (including phenoxy) is 1. The molecule has 1 aromatic heterocycles. The third-order valence-corrected chi connectivity index (χ3v) is 3.49. The van der Waals surface area contributed by atoms with Crippen molar-refractivity contribution in [3.05, 3.63) is 36.2 Å². The van der Waals surface area contributed by atoms with Crippen molar-refractivity contribution in [3.8, 4) is 0 Å². The summed E-state index contributed by atoms with van der Waals surface area (Å²) in [5, 5.41) is 0. The maximum absolute atomic E-state index is 12.1. The molecule has 0 saturated heterocycles. The molecule has 19 heavy (non-hydrogen) atoms. The van der Waals surface area contributed by atoms with Gasteiger partial charge >= 0.3 is 5.97 Å². The number of carbonyl (C=O) groups excluding carboxylic acids is 1. The summed E-state index contributed by atoms with van der Waals surface area (Å²) in [7, 11) is 0. The topological polar surface area (TPSA) is 39.2 Å². The summed E-state index contributed by atoms with van der Waals surface area (Å²) in [6.07, 6.45) is 9.91. The van der Waals surface area contributed by atoms with Crippen LogP contribution in [-0.2, 0) is 9.53 Å². The van der Waals surface area contributed by atoms with Gasteiger partial charge in [-0.2, -0.15) is 0 Å². The van der Waals surface area contributed by atoms with Crippen LogP contribution in [0.1, 0.15) is 44.7 Å². The summed E-state index contributed by atoms with van der Waals surface area (Å²) in [6.45, 7) is 2.22. The van der Waals surface area contributed by atoms with Gasteiger partial charge in [-0.1, -0.05) is 31.4 Å². The Morgan fingerprint density at radius 2 is 2.16 bits per heavy atom. The maximum Gasteiger partial charge on any atom is 0.340 e. The van der Waals surface area contributed by atoms with Crippen LogP contribution in [0.3, 0.4) is 0 Å². The van der Waals surface area contributed by atoms with Crippen molar-refractivity contribution in [2.45, 2.75) is 39.0 Å². The Labute approximate surface area is 114 Å². The zero-order valence-corrected chi connectivity index (χ0v) is 11.5. The molecule has 1 fully saturated rings. The van der Waals surface area contributed by atoms with Gasteiger partial charge in [0.2, 0.25) is 0 Å². The molecule has 0 unspecified atom stereocenters. The Bertz CT molecular complexity index is 433. The summed E-state index contributed by atoms with van der Waals surface area (Å²) >= 11 is 0. The molecule has 0 spiro atoms. The van der Waals surface area contributed by atoms with Crippen LogP contribution >= 0.6 is 0 Å². The van der Waals surface area contributed by atoms with Crippen LogP contribution in [0.15, 0.2) is 30.5 Å². The van der Waals surface area contributed by atoms with Gasteiger partial charge in [0.05, 0.1) is 17.9 Å². The monoisotopic (exact) mass is 259 g/mol. The van der Waals surface area contributed by atoms with Crippen molar-refractivity contribution in [3.63, 3.8) is 0 Å². The highest BCUT2D eigenvalue weighted by atomic mass is 16.5. The highest BCUT2D eigenvalue weighted by Gasteiger charge is 2.18. The number of hydrogen-bond acceptors (Lipinski definition) is 3. The van der Waals surface area contributed by atoms with Gasteiger partial charge in [-0.15, -0.1) is 0 Å². The lowest BCUT2D eigenvalue weighted by molar-refractivity contribution is -0.136. The Kier molecular flexibility index (Phi) is 5.13. The van der Waals surface area contributed by atoms with Crippen molar-refractivity contribution >= 4 is 11.5 Å². The van der Waals surface area contributed by atoms with Crippen LogP contribution < -0.4 is 0 Å². The molecule has 102 valence electrons. The molecule has 1 aliphatic rings. The molecular formula is C16H21NO2. The summed E-state index contributed by atoms with van der Waals surface area (Å²) in [5.74, 6) is 0.224. The fourth-order valence-electron chi connectivity index (χ4n) is 2.53. The average molecular weight is 259 g/mol. The van der Waals surface area contributed by atoms with Crippen molar-refractivity contribution in [2.24, 2.45) is 5.92 Å². The molecule has 0 bridgehead atoms. The smallest absolute Gasteiger partial charge is 0.340 e. The van der Waals surface area contributed by atoms with E-state index in [0.717, 1.165) is 12.8 Å².